The fourth-order valence-electron chi connectivity index (χ4n) is 4.20. The van der Waals surface area contributed by atoms with Gasteiger partial charge in [0.25, 0.3) is 0 Å². The molecule has 0 radical (unpaired) electrons. The molecule has 4 aromatic carbocycles. The molecule has 0 N–H and O–H groups in total. The summed E-state index contributed by atoms with van der Waals surface area (Å²) in [7, 11) is -1.90. The molecular formula is C30H27NP+. The lowest BCUT2D eigenvalue weighted by atomic mass is 10.1. The summed E-state index contributed by atoms with van der Waals surface area (Å²) in [5.74, 6) is 0. The quantitative estimate of drug-likeness (QED) is 0.230. The van der Waals surface area contributed by atoms with Gasteiger partial charge < -0.3 is 0 Å². The van der Waals surface area contributed by atoms with Crippen molar-refractivity contribution in [2.45, 2.75) is 19.0 Å². The maximum absolute atomic E-state index is 8.78. The molecule has 0 bridgehead atoms. The van der Waals surface area contributed by atoms with Crippen molar-refractivity contribution in [3.05, 3.63) is 132 Å². The van der Waals surface area contributed by atoms with Crippen LogP contribution in [0.3, 0.4) is 0 Å². The highest BCUT2D eigenvalue weighted by Crippen LogP contribution is 2.58. The van der Waals surface area contributed by atoms with Crippen LogP contribution >= 0.6 is 7.26 Å². The van der Waals surface area contributed by atoms with Gasteiger partial charge in [-0.2, -0.15) is 5.26 Å². The Bertz CT molecular complexity index is 1100. The highest BCUT2D eigenvalue weighted by molar-refractivity contribution is 7.95. The van der Waals surface area contributed by atoms with Gasteiger partial charge in [0.2, 0.25) is 0 Å². The van der Waals surface area contributed by atoms with Crippen molar-refractivity contribution in [2.75, 3.05) is 0 Å². The van der Waals surface area contributed by atoms with Crippen molar-refractivity contribution in [1.29, 1.82) is 5.26 Å². The van der Waals surface area contributed by atoms with Crippen LogP contribution in [0.2, 0.25) is 0 Å². The molecule has 1 nitrogen and oxygen atoms in total. The molecule has 0 aromatic heterocycles. The number of hydrogen-bond donors (Lipinski definition) is 0. The molecule has 0 amide bonds. The molecule has 0 fully saturated rings. The Labute approximate surface area is 192 Å². The van der Waals surface area contributed by atoms with E-state index in [-0.39, 0.29) is 0 Å². The minimum Gasteiger partial charge on any atom is -0.198 e. The standard InChI is InChI=1S/C30H27NP/c31-23-12-4-5-14-26-15-13-16-27(24-26)25-32(28-17-6-1-7-18-28,29-19-8-2-9-20-29)30-21-10-3-11-22-30/h1-3,5-11,13-22,24H,4,12,25H2/q+1. The van der Waals surface area contributed by atoms with Crippen LogP contribution in [0.15, 0.2) is 121 Å². The number of allylic oxidation sites excluding steroid dienone is 1. The second kappa shape index (κ2) is 10.7. The summed E-state index contributed by atoms with van der Waals surface area (Å²) in [6.45, 7) is 0. The average Bonchev–Trinajstić information content (AvgIpc) is 2.87. The van der Waals surface area contributed by atoms with E-state index in [0.717, 1.165) is 12.6 Å². The van der Waals surface area contributed by atoms with E-state index in [1.807, 2.05) is 0 Å². The predicted molar refractivity (Wildman–Crippen MR) is 139 cm³/mol. The molecule has 156 valence electrons. The van der Waals surface area contributed by atoms with Gasteiger partial charge in [-0.1, -0.05) is 84.9 Å². The van der Waals surface area contributed by atoms with Crippen molar-refractivity contribution in [3.63, 3.8) is 0 Å². The topological polar surface area (TPSA) is 23.8 Å². The van der Waals surface area contributed by atoms with E-state index in [0.29, 0.717) is 6.42 Å². The fraction of sp³-hybridized carbons (Fsp3) is 0.100. The van der Waals surface area contributed by atoms with Crippen molar-refractivity contribution in [3.8, 4) is 6.07 Å². The third-order valence-corrected chi connectivity index (χ3v) is 10.1. The number of nitriles is 1. The molecule has 0 unspecified atom stereocenters. The monoisotopic (exact) mass is 432 g/mol. The van der Waals surface area contributed by atoms with Gasteiger partial charge in [-0.3, -0.25) is 0 Å². The van der Waals surface area contributed by atoms with Gasteiger partial charge in [-0.25, -0.2) is 0 Å². The predicted octanol–water partition coefficient (Wildman–Crippen LogP) is 6.50. The average molecular weight is 433 g/mol. The Morgan fingerprint density at radius 3 is 1.69 bits per heavy atom. The first-order valence-electron chi connectivity index (χ1n) is 11.0. The van der Waals surface area contributed by atoms with Crippen LogP contribution in [0.4, 0.5) is 0 Å². The van der Waals surface area contributed by atoms with Crippen molar-refractivity contribution in [2.24, 2.45) is 0 Å². The third kappa shape index (κ3) is 4.88. The lowest BCUT2D eigenvalue weighted by Crippen LogP contribution is -2.32. The minimum absolute atomic E-state index is 0.556. The Morgan fingerprint density at radius 2 is 1.19 bits per heavy atom. The maximum Gasteiger partial charge on any atom is 0.116 e. The largest absolute Gasteiger partial charge is 0.198 e. The molecule has 32 heavy (non-hydrogen) atoms. The molecule has 4 aromatic rings. The molecular weight excluding hydrogens is 405 g/mol. The van der Waals surface area contributed by atoms with E-state index < -0.39 is 7.26 Å². The second-order valence-corrected chi connectivity index (χ2v) is 11.3. The lowest BCUT2D eigenvalue weighted by Gasteiger charge is -2.28. The number of nitrogens with zero attached hydrogens (tertiary/aromatic N) is 1. The SMILES string of the molecule is N#CCCC=Cc1cccc(C[P+](c2ccccc2)(c2ccccc2)c2ccccc2)c1. The van der Waals surface area contributed by atoms with Crippen molar-refractivity contribution < 1.29 is 0 Å². The summed E-state index contributed by atoms with van der Waals surface area (Å²) in [4.78, 5) is 0. The molecule has 0 aliphatic carbocycles. The molecule has 0 aliphatic heterocycles. The lowest BCUT2D eigenvalue weighted by molar-refractivity contribution is 1.07. The molecule has 0 atom stereocenters. The maximum atomic E-state index is 8.78. The van der Waals surface area contributed by atoms with E-state index in [1.54, 1.807) is 0 Å². The number of rotatable bonds is 8. The Morgan fingerprint density at radius 1 is 0.656 bits per heavy atom. The summed E-state index contributed by atoms with van der Waals surface area (Å²) < 4.78 is 0. The van der Waals surface area contributed by atoms with E-state index >= 15 is 0 Å². The van der Waals surface area contributed by atoms with Crippen LogP contribution < -0.4 is 15.9 Å². The van der Waals surface area contributed by atoms with E-state index in [9.17, 15) is 0 Å². The first kappa shape index (κ1) is 21.8. The molecule has 0 saturated heterocycles. The van der Waals surface area contributed by atoms with Crippen LogP contribution in [0.25, 0.3) is 6.08 Å². The van der Waals surface area contributed by atoms with Crippen LogP contribution in [-0.4, -0.2) is 0 Å². The summed E-state index contributed by atoms with van der Waals surface area (Å²) in [5.41, 5.74) is 2.52. The first-order chi connectivity index (χ1) is 15.8. The van der Waals surface area contributed by atoms with Gasteiger partial charge in [0, 0.05) is 6.42 Å². The highest BCUT2D eigenvalue weighted by atomic mass is 31.2. The van der Waals surface area contributed by atoms with Gasteiger partial charge in [0.1, 0.15) is 23.2 Å². The summed E-state index contributed by atoms with van der Waals surface area (Å²) >= 11 is 0. The van der Waals surface area contributed by atoms with E-state index in [2.05, 4.69) is 133 Å². The Kier molecular flexibility index (Phi) is 7.29. The number of hydrogen-bond acceptors (Lipinski definition) is 1. The number of benzene rings is 4. The fourth-order valence-corrected chi connectivity index (χ4v) is 8.43. The summed E-state index contributed by atoms with van der Waals surface area (Å²) in [5, 5.41) is 13.0. The zero-order valence-corrected chi connectivity index (χ0v) is 19.0. The molecule has 2 heteroatoms. The van der Waals surface area contributed by atoms with Gasteiger partial charge in [-0.05, 0) is 60.0 Å². The van der Waals surface area contributed by atoms with Gasteiger partial charge in [0.15, 0.2) is 0 Å². The molecule has 0 spiro atoms. The summed E-state index contributed by atoms with van der Waals surface area (Å²) in [6, 6.07) is 44.0. The normalized spacial score (nSPS) is 11.3. The van der Waals surface area contributed by atoms with Crippen molar-refractivity contribution in [1.82, 2.24) is 0 Å². The Hall–Kier alpha value is -3.46. The molecule has 0 heterocycles. The van der Waals surface area contributed by atoms with Gasteiger partial charge >= 0.3 is 0 Å². The molecule has 0 aliphatic rings. The second-order valence-electron chi connectivity index (χ2n) is 7.82. The first-order valence-corrected chi connectivity index (χ1v) is 13.0. The summed E-state index contributed by atoms with van der Waals surface area (Å²) in [6.07, 6.45) is 6.53. The molecule has 0 saturated carbocycles. The van der Waals surface area contributed by atoms with Crippen LogP contribution in [0.1, 0.15) is 24.0 Å². The van der Waals surface area contributed by atoms with Gasteiger partial charge in [0.05, 0.1) is 12.2 Å². The zero-order valence-electron chi connectivity index (χ0n) is 18.1. The smallest absolute Gasteiger partial charge is 0.116 e. The van der Waals surface area contributed by atoms with E-state index in [1.165, 1.54) is 27.0 Å². The van der Waals surface area contributed by atoms with Crippen molar-refractivity contribution >= 4 is 29.3 Å². The highest BCUT2D eigenvalue weighted by Gasteiger charge is 2.45. The zero-order chi connectivity index (χ0) is 22.1. The number of unbranched alkanes of at least 4 members (excludes halogenated alkanes) is 1. The van der Waals surface area contributed by atoms with Crippen LogP contribution in [-0.2, 0) is 6.16 Å². The third-order valence-electron chi connectivity index (χ3n) is 5.69. The van der Waals surface area contributed by atoms with Crippen LogP contribution in [0.5, 0.6) is 0 Å². The van der Waals surface area contributed by atoms with Gasteiger partial charge in [-0.15, -0.1) is 0 Å². The minimum atomic E-state index is -1.90. The Balaban J connectivity index is 1.84. The van der Waals surface area contributed by atoms with Crippen LogP contribution in [0, 0.1) is 11.3 Å². The molecule has 4 rings (SSSR count). The van der Waals surface area contributed by atoms with E-state index in [4.69, 9.17) is 5.26 Å².